The molecule has 21 heavy (non-hydrogen) atoms. The zero-order valence-corrected chi connectivity index (χ0v) is 13.4. The Bertz CT molecular complexity index is 584. The second kappa shape index (κ2) is 5.71. The van der Waals surface area contributed by atoms with Gasteiger partial charge in [-0.05, 0) is 34.8 Å². The molecule has 1 saturated heterocycles. The summed E-state index contributed by atoms with van der Waals surface area (Å²) < 4.78 is 27.4. The van der Waals surface area contributed by atoms with E-state index in [9.17, 15) is 18.4 Å². The summed E-state index contributed by atoms with van der Waals surface area (Å²) in [5.41, 5.74) is -0.116. The summed E-state index contributed by atoms with van der Waals surface area (Å²) in [6, 6.07) is 0.153. The largest absolute Gasteiger partial charge is 0.342 e. The molecular formula is C14H15BrF2N2O2. The smallest absolute Gasteiger partial charge is 0.250 e. The summed E-state index contributed by atoms with van der Waals surface area (Å²) in [7, 11) is 0. The summed E-state index contributed by atoms with van der Waals surface area (Å²) >= 11 is 3.06. The summed E-state index contributed by atoms with van der Waals surface area (Å²) in [4.78, 5) is 25.6. The maximum absolute atomic E-state index is 14.1. The third kappa shape index (κ3) is 2.79. The molecule has 114 valence electrons. The normalized spacial score (nSPS) is 22.7. The number of hydrogen-bond acceptors (Lipinski definition) is 2. The number of rotatable bonds is 2. The molecule has 1 aromatic rings. The molecule has 1 aromatic carbocycles. The van der Waals surface area contributed by atoms with Crippen molar-refractivity contribution in [3.05, 3.63) is 28.2 Å². The van der Waals surface area contributed by atoms with Crippen LogP contribution in [-0.4, -0.2) is 23.9 Å². The predicted molar refractivity (Wildman–Crippen MR) is 77.8 cm³/mol. The van der Waals surface area contributed by atoms with Gasteiger partial charge < -0.3 is 5.32 Å². The maximum atomic E-state index is 14.1. The van der Waals surface area contributed by atoms with E-state index in [1.54, 1.807) is 13.8 Å². The highest BCUT2D eigenvalue weighted by Gasteiger charge is 2.42. The average Bonchev–Trinajstić information content (AvgIpc) is 2.36. The van der Waals surface area contributed by atoms with Gasteiger partial charge in [-0.1, -0.05) is 13.8 Å². The van der Waals surface area contributed by atoms with Gasteiger partial charge >= 0.3 is 0 Å². The minimum Gasteiger partial charge on any atom is -0.342 e. The molecule has 0 aromatic heterocycles. The predicted octanol–water partition coefficient (Wildman–Crippen LogP) is 2.60. The molecule has 1 fully saturated rings. The van der Waals surface area contributed by atoms with E-state index in [1.165, 1.54) is 6.92 Å². The van der Waals surface area contributed by atoms with Crippen LogP contribution in [0.25, 0.3) is 0 Å². The second-order valence-corrected chi connectivity index (χ2v) is 6.19. The highest BCUT2D eigenvalue weighted by Crippen LogP contribution is 2.34. The third-order valence-corrected chi connectivity index (χ3v) is 4.06. The van der Waals surface area contributed by atoms with Gasteiger partial charge in [0.15, 0.2) is 5.82 Å². The van der Waals surface area contributed by atoms with E-state index in [-0.39, 0.29) is 22.0 Å². The molecule has 2 atom stereocenters. The Morgan fingerprint density at radius 1 is 1.29 bits per heavy atom. The first-order valence-electron chi connectivity index (χ1n) is 6.52. The molecule has 0 bridgehead atoms. The lowest BCUT2D eigenvalue weighted by atomic mass is 9.97. The molecule has 4 nitrogen and oxygen atoms in total. The van der Waals surface area contributed by atoms with E-state index in [0.717, 1.165) is 11.0 Å². The standard InChI is InChI=1S/C14H15BrF2N2O2/c1-6(2)11-14(21)19(7(3)13(20)18-11)12-9(15)4-8(16)5-10(12)17/h4-7,11H,1-3H3,(H,18,20). The Balaban J connectivity index is 2.54. The Hall–Kier alpha value is -1.50. The van der Waals surface area contributed by atoms with Crippen molar-refractivity contribution in [2.75, 3.05) is 4.90 Å². The van der Waals surface area contributed by atoms with Gasteiger partial charge in [0, 0.05) is 10.5 Å². The van der Waals surface area contributed by atoms with E-state index in [0.29, 0.717) is 6.07 Å². The molecule has 2 rings (SSSR count). The van der Waals surface area contributed by atoms with E-state index in [4.69, 9.17) is 0 Å². The number of piperazine rings is 1. The van der Waals surface area contributed by atoms with Gasteiger partial charge in [0.2, 0.25) is 5.91 Å². The Labute approximate surface area is 129 Å². The fourth-order valence-electron chi connectivity index (χ4n) is 2.31. The molecule has 0 spiro atoms. The molecule has 2 amide bonds. The number of carbonyl (C=O) groups is 2. The van der Waals surface area contributed by atoms with Crippen LogP contribution in [0.4, 0.5) is 14.5 Å². The van der Waals surface area contributed by atoms with Gasteiger partial charge in [-0.15, -0.1) is 0 Å². The summed E-state index contributed by atoms with van der Waals surface area (Å²) in [6.07, 6.45) is 0. The Morgan fingerprint density at radius 2 is 1.90 bits per heavy atom. The zero-order valence-electron chi connectivity index (χ0n) is 11.8. The number of nitrogens with zero attached hydrogens (tertiary/aromatic N) is 1. The third-order valence-electron chi connectivity index (χ3n) is 3.46. The first-order chi connectivity index (χ1) is 9.73. The van der Waals surface area contributed by atoms with Gasteiger partial charge in [0.1, 0.15) is 17.9 Å². The lowest BCUT2D eigenvalue weighted by Gasteiger charge is -2.39. The van der Waals surface area contributed by atoms with Crippen molar-refractivity contribution in [3.8, 4) is 0 Å². The van der Waals surface area contributed by atoms with E-state index in [1.807, 2.05) is 0 Å². The van der Waals surface area contributed by atoms with Crippen LogP contribution in [0.2, 0.25) is 0 Å². The topological polar surface area (TPSA) is 49.4 Å². The monoisotopic (exact) mass is 360 g/mol. The van der Waals surface area contributed by atoms with Gasteiger partial charge in [0.25, 0.3) is 5.91 Å². The molecule has 1 heterocycles. The highest BCUT2D eigenvalue weighted by atomic mass is 79.9. The Morgan fingerprint density at radius 3 is 2.43 bits per heavy atom. The fourth-order valence-corrected chi connectivity index (χ4v) is 2.91. The van der Waals surface area contributed by atoms with Crippen LogP contribution >= 0.6 is 15.9 Å². The van der Waals surface area contributed by atoms with Crippen LogP contribution in [0.15, 0.2) is 16.6 Å². The second-order valence-electron chi connectivity index (χ2n) is 5.33. The fraction of sp³-hybridized carbons (Fsp3) is 0.429. The van der Waals surface area contributed by atoms with Crippen molar-refractivity contribution in [3.63, 3.8) is 0 Å². The van der Waals surface area contributed by atoms with Gasteiger partial charge in [0.05, 0.1) is 5.69 Å². The van der Waals surface area contributed by atoms with Crippen LogP contribution in [0, 0.1) is 17.6 Å². The van der Waals surface area contributed by atoms with Crippen molar-refractivity contribution in [1.29, 1.82) is 0 Å². The van der Waals surface area contributed by atoms with E-state index < -0.39 is 29.6 Å². The van der Waals surface area contributed by atoms with Gasteiger partial charge in [-0.3, -0.25) is 14.5 Å². The van der Waals surface area contributed by atoms with Gasteiger partial charge in [-0.2, -0.15) is 0 Å². The lowest BCUT2D eigenvalue weighted by Crippen LogP contribution is -2.64. The Kier molecular flexibility index (Phi) is 4.32. The molecule has 1 N–H and O–H groups in total. The molecule has 2 unspecified atom stereocenters. The maximum Gasteiger partial charge on any atom is 0.250 e. The van der Waals surface area contributed by atoms with Crippen LogP contribution in [0.5, 0.6) is 0 Å². The number of carbonyl (C=O) groups excluding carboxylic acids is 2. The lowest BCUT2D eigenvalue weighted by molar-refractivity contribution is -0.134. The summed E-state index contributed by atoms with van der Waals surface area (Å²) in [5, 5.41) is 2.62. The first-order valence-corrected chi connectivity index (χ1v) is 7.31. The van der Waals surface area contributed by atoms with Crippen molar-refractivity contribution in [2.24, 2.45) is 5.92 Å². The highest BCUT2D eigenvalue weighted by molar-refractivity contribution is 9.10. The quantitative estimate of drug-likeness (QED) is 0.881. The van der Waals surface area contributed by atoms with Crippen molar-refractivity contribution in [1.82, 2.24) is 5.32 Å². The van der Waals surface area contributed by atoms with Gasteiger partial charge in [-0.25, -0.2) is 8.78 Å². The van der Waals surface area contributed by atoms with Crippen LogP contribution < -0.4 is 10.2 Å². The number of hydrogen-bond donors (Lipinski definition) is 1. The summed E-state index contributed by atoms with van der Waals surface area (Å²) in [5.74, 6) is -2.57. The molecule has 7 heteroatoms. The summed E-state index contributed by atoms with van der Waals surface area (Å²) in [6.45, 7) is 5.07. The minimum absolute atomic E-state index is 0.0948. The number of anilines is 1. The zero-order chi connectivity index (χ0) is 15.9. The molecule has 1 aliphatic rings. The molecule has 0 saturated carbocycles. The average molecular weight is 361 g/mol. The van der Waals surface area contributed by atoms with E-state index in [2.05, 4.69) is 21.2 Å². The number of benzene rings is 1. The first kappa shape index (κ1) is 15.9. The molecular weight excluding hydrogens is 346 g/mol. The van der Waals surface area contributed by atoms with Crippen LogP contribution in [0.1, 0.15) is 20.8 Å². The van der Waals surface area contributed by atoms with E-state index >= 15 is 0 Å². The minimum atomic E-state index is -0.890. The number of halogens is 3. The van der Waals surface area contributed by atoms with Crippen LogP contribution in [0.3, 0.4) is 0 Å². The molecule has 0 radical (unpaired) electrons. The number of nitrogens with one attached hydrogen (secondary N) is 1. The van der Waals surface area contributed by atoms with Crippen molar-refractivity contribution in [2.45, 2.75) is 32.9 Å². The molecule has 1 aliphatic heterocycles. The van der Waals surface area contributed by atoms with Crippen LogP contribution in [-0.2, 0) is 9.59 Å². The SMILES string of the molecule is CC(C)C1NC(=O)C(C)N(c2c(F)cc(F)cc2Br)C1=O. The van der Waals surface area contributed by atoms with Crippen molar-refractivity contribution >= 4 is 33.4 Å². The molecule has 0 aliphatic carbocycles. The number of amides is 2. The van der Waals surface area contributed by atoms with Crippen molar-refractivity contribution < 1.29 is 18.4 Å².